The van der Waals surface area contributed by atoms with Crippen LogP contribution in [-0.4, -0.2) is 45.6 Å². The molecule has 2 atom stereocenters. The summed E-state index contributed by atoms with van der Waals surface area (Å²) in [5.74, 6) is 0. The van der Waals surface area contributed by atoms with Crippen LogP contribution in [0.4, 0.5) is 0 Å². The van der Waals surface area contributed by atoms with Crippen LogP contribution < -0.4 is 0 Å². The highest BCUT2D eigenvalue weighted by Crippen LogP contribution is 1.95. The van der Waals surface area contributed by atoms with Crippen molar-refractivity contribution in [3.63, 3.8) is 0 Å². The van der Waals surface area contributed by atoms with Gasteiger partial charge in [0.05, 0.1) is 6.61 Å². The Bertz CT molecular complexity index is 116. The van der Waals surface area contributed by atoms with Gasteiger partial charge in [0, 0.05) is 4.92 Å². The molecule has 0 radical (unpaired) electrons. The van der Waals surface area contributed by atoms with Gasteiger partial charge in [-0.2, -0.15) is 0 Å². The molecule has 0 fully saturated rings. The van der Waals surface area contributed by atoms with E-state index in [0.717, 1.165) is 0 Å². The van der Waals surface area contributed by atoms with Gasteiger partial charge >= 0.3 is 0 Å². The summed E-state index contributed by atoms with van der Waals surface area (Å²) in [7, 11) is 0. The van der Waals surface area contributed by atoms with Gasteiger partial charge in [0.1, 0.15) is 12.7 Å². The Labute approximate surface area is 56.9 Å². The molecule has 0 bridgehead atoms. The maximum atomic E-state index is 9.91. The van der Waals surface area contributed by atoms with Gasteiger partial charge < -0.3 is 15.3 Å². The third-order valence-corrected chi connectivity index (χ3v) is 1.09. The molecular formula is C4H9NO5. The summed E-state index contributed by atoms with van der Waals surface area (Å²) in [4.78, 5) is 9.07. The molecule has 0 rings (SSSR count). The van der Waals surface area contributed by atoms with E-state index in [1.165, 1.54) is 0 Å². The summed E-state index contributed by atoms with van der Waals surface area (Å²) < 4.78 is 0. The number of nitrogens with zero attached hydrogens (tertiary/aromatic N) is 1. The molecule has 0 aliphatic rings. The third-order valence-electron chi connectivity index (χ3n) is 1.09. The van der Waals surface area contributed by atoms with Gasteiger partial charge in [-0.15, -0.1) is 0 Å². The first kappa shape index (κ1) is 9.28. The minimum atomic E-state index is -1.49. The van der Waals surface area contributed by atoms with Gasteiger partial charge in [-0.1, -0.05) is 0 Å². The summed E-state index contributed by atoms with van der Waals surface area (Å²) in [5.41, 5.74) is 0. The predicted molar refractivity (Wildman–Crippen MR) is 31.0 cm³/mol. The zero-order valence-corrected chi connectivity index (χ0v) is 5.17. The average molecular weight is 151 g/mol. The van der Waals surface area contributed by atoms with Crippen LogP contribution >= 0.6 is 0 Å². The molecule has 0 aromatic rings. The Balaban J connectivity index is 3.92. The highest BCUT2D eigenvalue weighted by molar-refractivity contribution is 4.64. The largest absolute Gasteiger partial charge is 0.393 e. The van der Waals surface area contributed by atoms with Crippen molar-refractivity contribution in [3.05, 3.63) is 10.1 Å². The van der Waals surface area contributed by atoms with Crippen LogP contribution in [0.15, 0.2) is 0 Å². The third kappa shape index (κ3) is 2.26. The van der Waals surface area contributed by atoms with E-state index < -0.39 is 30.3 Å². The molecule has 60 valence electrons. The number of rotatable bonds is 4. The Hall–Kier alpha value is -0.720. The first-order valence-electron chi connectivity index (χ1n) is 2.66. The molecule has 0 amide bonds. The normalized spacial score (nSPS) is 16.3. The van der Waals surface area contributed by atoms with Crippen molar-refractivity contribution >= 4 is 0 Å². The number of hydrogen-bond acceptors (Lipinski definition) is 5. The van der Waals surface area contributed by atoms with Gasteiger partial charge in [0.15, 0.2) is 0 Å². The Kier molecular flexibility index (Phi) is 3.85. The monoisotopic (exact) mass is 151 g/mol. The van der Waals surface area contributed by atoms with E-state index in [4.69, 9.17) is 15.3 Å². The van der Waals surface area contributed by atoms with Crippen molar-refractivity contribution in [1.29, 1.82) is 0 Å². The highest BCUT2D eigenvalue weighted by atomic mass is 16.6. The summed E-state index contributed by atoms with van der Waals surface area (Å²) >= 11 is 0. The Morgan fingerprint density at radius 2 is 1.90 bits per heavy atom. The number of hydrogen-bond donors (Lipinski definition) is 3. The fraction of sp³-hybridized carbons (Fsp3) is 1.00. The van der Waals surface area contributed by atoms with E-state index in [1.54, 1.807) is 0 Å². The van der Waals surface area contributed by atoms with Crippen LogP contribution in [0.2, 0.25) is 0 Å². The topological polar surface area (TPSA) is 104 Å². The maximum Gasteiger partial charge on any atom is 0.263 e. The van der Waals surface area contributed by atoms with E-state index in [1.807, 2.05) is 0 Å². The van der Waals surface area contributed by atoms with E-state index in [-0.39, 0.29) is 0 Å². The molecule has 0 aliphatic carbocycles. The molecule has 2 unspecified atom stereocenters. The summed E-state index contributed by atoms with van der Waals surface area (Å²) in [6, 6.07) is -1.48. The fourth-order valence-electron chi connectivity index (χ4n) is 0.451. The lowest BCUT2D eigenvalue weighted by molar-refractivity contribution is -0.538. The quantitative estimate of drug-likeness (QED) is 0.317. The number of aliphatic hydroxyl groups is 3. The van der Waals surface area contributed by atoms with Crippen molar-refractivity contribution in [1.82, 2.24) is 0 Å². The van der Waals surface area contributed by atoms with Crippen LogP contribution in [0.25, 0.3) is 0 Å². The minimum Gasteiger partial charge on any atom is -0.393 e. The summed E-state index contributed by atoms with van der Waals surface area (Å²) in [5, 5.41) is 35.0. The molecule has 6 heteroatoms. The minimum absolute atomic E-state index is 0.716. The van der Waals surface area contributed by atoms with Gasteiger partial charge in [-0.25, -0.2) is 0 Å². The second-order valence-corrected chi connectivity index (χ2v) is 1.79. The molecule has 0 aromatic heterocycles. The predicted octanol–water partition coefficient (Wildman–Crippen LogP) is -2.02. The van der Waals surface area contributed by atoms with E-state index >= 15 is 0 Å². The van der Waals surface area contributed by atoms with Gasteiger partial charge in [0.2, 0.25) is 0 Å². The van der Waals surface area contributed by atoms with Gasteiger partial charge in [0.25, 0.3) is 6.04 Å². The molecule has 0 aliphatic heterocycles. The SMILES string of the molecule is O=[N+]([O-])C(CO)C(O)CO. The van der Waals surface area contributed by atoms with Crippen molar-refractivity contribution in [3.8, 4) is 0 Å². The van der Waals surface area contributed by atoms with Gasteiger partial charge in [-0.05, 0) is 0 Å². The van der Waals surface area contributed by atoms with Crippen molar-refractivity contribution in [2.24, 2.45) is 0 Å². The fourth-order valence-corrected chi connectivity index (χ4v) is 0.451. The Morgan fingerprint density at radius 1 is 1.40 bits per heavy atom. The zero-order valence-electron chi connectivity index (χ0n) is 5.17. The van der Waals surface area contributed by atoms with Crippen LogP contribution in [0.3, 0.4) is 0 Å². The molecular weight excluding hydrogens is 142 g/mol. The van der Waals surface area contributed by atoms with Crippen LogP contribution in [-0.2, 0) is 0 Å². The standard InChI is InChI=1S/C4H9NO5/c6-1-3(5(9)10)4(8)2-7/h3-4,6-8H,1-2H2. The first-order valence-corrected chi connectivity index (χ1v) is 2.66. The van der Waals surface area contributed by atoms with Crippen LogP contribution in [0.5, 0.6) is 0 Å². The lowest BCUT2D eigenvalue weighted by atomic mass is 10.2. The van der Waals surface area contributed by atoms with E-state index in [9.17, 15) is 10.1 Å². The summed E-state index contributed by atoms with van der Waals surface area (Å²) in [6.45, 7) is -1.49. The Morgan fingerprint density at radius 3 is 2.00 bits per heavy atom. The molecule has 0 saturated carbocycles. The molecule has 0 heterocycles. The van der Waals surface area contributed by atoms with Crippen LogP contribution in [0, 0.1) is 10.1 Å². The van der Waals surface area contributed by atoms with Crippen molar-refractivity contribution < 1.29 is 20.2 Å². The highest BCUT2D eigenvalue weighted by Gasteiger charge is 2.27. The van der Waals surface area contributed by atoms with Crippen molar-refractivity contribution in [2.45, 2.75) is 12.1 Å². The second-order valence-electron chi connectivity index (χ2n) is 1.79. The van der Waals surface area contributed by atoms with E-state index in [2.05, 4.69) is 0 Å². The molecule has 6 nitrogen and oxygen atoms in total. The maximum absolute atomic E-state index is 9.91. The molecule has 3 N–H and O–H groups in total. The summed E-state index contributed by atoms with van der Waals surface area (Å²) in [6.07, 6.45) is -1.49. The first-order chi connectivity index (χ1) is 4.63. The number of nitro groups is 1. The molecule has 0 spiro atoms. The smallest absolute Gasteiger partial charge is 0.263 e. The number of aliphatic hydroxyl groups excluding tert-OH is 3. The van der Waals surface area contributed by atoms with E-state index in [0.29, 0.717) is 0 Å². The average Bonchev–Trinajstić information content (AvgIpc) is 1.88. The molecule has 10 heavy (non-hydrogen) atoms. The van der Waals surface area contributed by atoms with Gasteiger partial charge in [-0.3, -0.25) is 10.1 Å². The second kappa shape index (κ2) is 4.15. The van der Waals surface area contributed by atoms with Crippen LogP contribution in [0.1, 0.15) is 0 Å². The molecule has 0 aromatic carbocycles. The van der Waals surface area contributed by atoms with Crippen molar-refractivity contribution in [2.75, 3.05) is 13.2 Å². The molecule has 0 saturated heterocycles. The zero-order chi connectivity index (χ0) is 8.15. The lowest BCUT2D eigenvalue weighted by Crippen LogP contribution is -2.39. The lowest BCUT2D eigenvalue weighted by Gasteiger charge is -2.09.